The van der Waals surface area contributed by atoms with Gasteiger partial charge in [-0.25, -0.2) is 0 Å². The minimum Gasteiger partial charge on any atom is -0.383 e. The Bertz CT molecular complexity index is 813. The number of nitrogens with zero attached hydrogens (tertiary/aromatic N) is 2. The number of ether oxygens (including phenoxy) is 2. The fourth-order valence-corrected chi connectivity index (χ4v) is 3.13. The number of hydrogen-bond acceptors (Lipinski definition) is 5. The second-order valence-corrected chi connectivity index (χ2v) is 6.87. The Hall–Kier alpha value is -2.90. The lowest BCUT2D eigenvalue weighted by Crippen LogP contribution is -2.45. The maximum absolute atomic E-state index is 12.9. The largest absolute Gasteiger partial charge is 0.383 e. The number of rotatable bonds is 9. The van der Waals surface area contributed by atoms with Crippen molar-refractivity contribution < 1.29 is 19.1 Å². The summed E-state index contributed by atoms with van der Waals surface area (Å²) in [6.07, 6.45) is 0. The van der Waals surface area contributed by atoms with Crippen molar-refractivity contribution in [2.45, 2.75) is 13.2 Å². The van der Waals surface area contributed by atoms with Gasteiger partial charge in [0.15, 0.2) is 0 Å². The number of nitrogens with one attached hydrogen (secondary N) is 1. The van der Waals surface area contributed by atoms with Crippen LogP contribution in [0.2, 0.25) is 0 Å². The van der Waals surface area contributed by atoms with E-state index in [1.165, 1.54) is 0 Å². The van der Waals surface area contributed by atoms with Crippen molar-refractivity contribution in [3.8, 4) is 0 Å². The molecule has 0 saturated carbocycles. The van der Waals surface area contributed by atoms with Gasteiger partial charge in [-0.1, -0.05) is 48.5 Å². The summed E-state index contributed by atoms with van der Waals surface area (Å²) in [5, 5.41) is 3.13. The topological polar surface area (TPSA) is 71.1 Å². The summed E-state index contributed by atoms with van der Waals surface area (Å²) < 4.78 is 10.9. The number of carbonyl (C=O) groups is 2. The lowest BCUT2D eigenvalue weighted by molar-refractivity contribution is -0.144. The maximum atomic E-state index is 12.9. The minimum absolute atomic E-state index is 0.00720. The lowest BCUT2D eigenvalue weighted by atomic mass is 10.1. The molecule has 0 bridgehead atoms. The zero-order chi connectivity index (χ0) is 20.5. The Morgan fingerprint density at radius 2 is 1.90 bits per heavy atom. The molecule has 0 saturated heterocycles. The van der Waals surface area contributed by atoms with Gasteiger partial charge in [0, 0.05) is 25.9 Å². The molecule has 1 aliphatic heterocycles. The molecule has 0 spiro atoms. The van der Waals surface area contributed by atoms with Crippen LogP contribution in [-0.2, 0) is 32.2 Å². The minimum atomic E-state index is -0.164. The van der Waals surface area contributed by atoms with E-state index in [4.69, 9.17) is 9.47 Å². The summed E-state index contributed by atoms with van der Waals surface area (Å²) in [6.45, 7) is 1.95. The molecule has 2 aromatic rings. The number of amides is 2. The maximum Gasteiger partial charge on any atom is 0.244 e. The van der Waals surface area contributed by atoms with Gasteiger partial charge in [0.1, 0.15) is 13.3 Å². The fraction of sp³-hybridized carbons (Fsp3) is 0.364. The van der Waals surface area contributed by atoms with Crippen LogP contribution in [0.1, 0.15) is 11.1 Å². The average Bonchev–Trinajstić information content (AvgIpc) is 2.90. The molecule has 2 amide bonds. The molecule has 1 heterocycles. The van der Waals surface area contributed by atoms with Crippen molar-refractivity contribution in [2.75, 3.05) is 45.4 Å². The highest BCUT2D eigenvalue weighted by Gasteiger charge is 2.24. The summed E-state index contributed by atoms with van der Waals surface area (Å²) in [5.41, 5.74) is 2.96. The molecular weight excluding hydrogens is 370 g/mol. The van der Waals surface area contributed by atoms with Crippen molar-refractivity contribution in [2.24, 2.45) is 0 Å². The standard InChI is InChI=1S/C22H27N3O4/c1-28-12-11-24(17-29-16-18-7-3-2-4-8-18)22(27)15-25-14-19-9-5-6-10-20(19)23-13-21(25)26/h2-10,23H,11-17H2,1H3. The Morgan fingerprint density at radius 3 is 2.69 bits per heavy atom. The van der Waals surface area contributed by atoms with E-state index in [1.54, 1.807) is 16.9 Å². The Balaban J connectivity index is 1.60. The van der Waals surface area contributed by atoms with Gasteiger partial charge in [0.05, 0.1) is 19.8 Å². The van der Waals surface area contributed by atoms with E-state index in [-0.39, 0.29) is 31.6 Å². The first-order chi connectivity index (χ1) is 14.2. The highest BCUT2D eigenvalue weighted by atomic mass is 16.5. The van der Waals surface area contributed by atoms with Crippen molar-refractivity contribution in [1.29, 1.82) is 0 Å². The highest BCUT2D eigenvalue weighted by molar-refractivity contribution is 5.88. The summed E-state index contributed by atoms with van der Waals surface area (Å²) in [7, 11) is 1.59. The molecule has 7 nitrogen and oxygen atoms in total. The number of para-hydroxylation sites is 1. The molecule has 0 aromatic heterocycles. The first-order valence-corrected chi connectivity index (χ1v) is 9.65. The van der Waals surface area contributed by atoms with Gasteiger partial charge in [-0.05, 0) is 17.2 Å². The van der Waals surface area contributed by atoms with Crippen LogP contribution in [0.3, 0.4) is 0 Å². The Labute approximate surface area is 171 Å². The van der Waals surface area contributed by atoms with Crippen molar-refractivity contribution in [1.82, 2.24) is 9.80 Å². The molecule has 0 atom stereocenters. The van der Waals surface area contributed by atoms with Gasteiger partial charge in [0.25, 0.3) is 0 Å². The predicted octanol–water partition coefficient (Wildman–Crippen LogP) is 2.09. The van der Waals surface area contributed by atoms with E-state index in [9.17, 15) is 9.59 Å². The first-order valence-electron chi connectivity index (χ1n) is 9.65. The van der Waals surface area contributed by atoms with Crippen molar-refractivity contribution in [3.63, 3.8) is 0 Å². The quantitative estimate of drug-likeness (QED) is 0.656. The summed E-state index contributed by atoms with van der Waals surface area (Å²) in [5.74, 6) is -0.269. The molecule has 0 aliphatic carbocycles. The monoisotopic (exact) mass is 397 g/mol. The highest BCUT2D eigenvalue weighted by Crippen LogP contribution is 2.20. The molecule has 0 radical (unpaired) electrons. The number of anilines is 1. The second-order valence-electron chi connectivity index (χ2n) is 6.87. The molecule has 0 unspecified atom stereocenters. The van der Waals surface area contributed by atoms with Crippen molar-refractivity contribution >= 4 is 17.5 Å². The smallest absolute Gasteiger partial charge is 0.244 e. The molecule has 7 heteroatoms. The van der Waals surface area contributed by atoms with Crippen LogP contribution in [0, 0.1) is 0 Å². The normalized spacial score (nSPS) is 13.4. The second kappa shape index (κ2) is 10.6. The molecule has 29 heavy (non-hydrogen) atoms. The molecule has 2 aromatic carbocycles. The molecule has 1 N–H and O–H groups in total. The lowest BCUT2D eigenvalue weighted by Gasteiger charge is -2.26. The Kier molecular flexibility index (Phi) is 7.61. The zero-order valence-corrected chi connectivity index (χ0v) is 16.7. The number of benzene rings is 2. The van der Waals surface area contributed by atoms with E-state index >= 15 is 0 Å². The number of hydrogen-bond donors (Lipinski definition) is 1. The van der Waals surface area contributed by atoms with Crippen LogP contribution in [0.4, 0.5) is 5.69 Å². The molecule has 1 aliphatic rings. The number of methoxy groups -OCH3 is 1. The molecular formula is C22H27N3O4. The summed E-state index contributed by atoms with van der Waals surface area (Å²) in [4.78, 5) is 28.6. The van der Waals surface area contributed by atoms with Crippen LogP contribution in [0.5, 0.6) is 0 Å². The Morgan fingerprint density at radius 1 is 1.14 bits per heavy atom. The van der Waals surface area contributed by atoms with E-state index < -0.39 is 0 Å². The van der Waals surface area contributed by atoms with Gasteiger partial charge < -0.3 is 24.6 Å². The SMILES string of the molecule is COCCN(COCc1ccccc1)C(=O)CN1Cc2ccccc2NCC1=O. The summed E-state index contributed by atoms with van der Waals surface area (Å²) in [6, 6.07) is 17.5. The van der Waals surface area contributed by atoms with Gasteiger partial charge in [0.2, 0.25) is 11.8 Å². The fourth-order valence-electron chi connectivity index (χ4n) is 3.13. The van der Waals surface area contributed by atoms with E-state index in [2.05, 4.69) is 5.32 Å². The van der Waals surface area contributed by atoms with Gasteiger partial charge in [-0.15, -0.1) is 0 Å². The number of carbonyl (C=O) groups excluding carboxylic acids is 2. The van der Waals surface area contributed by atoms with Crippen molar-refractivity contribution in [3.05, 3.63) is 65.7 Å². The van der Waals surface area contributed by atoms with Crippen LogP contribution in [0.25, 0.3) is 0 Å². The van der Waals surface area contributed by atoms with E-state index in [1.807, 2.05) is 54.6 Å². The van der Waals surface area contributed by atoms with Gasteiger partial charge >= 0.3 is 0 Å². The summed E-state index contributed by atoms with van der Waals surface area (Å²) >= 11 is 0. The van der Waals surface area contributed by atoms with E-state index in [0.717, 1.165) is 16.8 Å². The average molecular weight is 397 g/mol. The third-order valence-electron chi connectivity index (χ3n) is 4.76. The van der Waals surface area contributed by atoms with Crippen LogP contribution in [-0.4, -0.2) is 61.7 Å². The molecule has 0 fully saturated rings. The molecule has 3 rings (SSSR count). The van der Waals surface area contributed by atoms with Gasteiger partial charge in [-0.2, -0.15) is 0 Å². The zero-order valence-electron chi connectivity index (χ0n) is 16.7. The van der Waals surface area contributed by atoms with Gasteiger partial charge in [-0.3, -0.25) is 9.59 Å². The predicted molar refractivity (Wildman–Crippen MR) is 110 cm³/mol. The molecule has 154 valence electrons. The van der Waals surface area contributed by atoms with Crippen LogP contribution >= 0.6 is 0 Å². The first kappa shape index (κ1) is 20.8. The van der Waals surface area contributed by atoms with Crippen LogP contribution < -0.4 is 5.32 Å². The van der Waals surface area contributed by atoms with E-state index in [0.29, 0.717) is 26.3 Å². The number of fused-ring (bicyclic) bond motifs is 1. The third-order valence-corrected chi connectivity index (χ3v) is 4.76. The van der Waals surface area contributed by atoms with Crippen LogP contribution in [0.15, 0.2) is 54.6 Å². The third kappa shape index (κ3) is 6.04.